The minimum absolute atomic E-state index is 0.496. The molecule has 1 aromatic carbocycles. The number of fused-ring (bicyclic) bond motifs is 1. The van der Waals surface area contributed by atoms with E-state index in [-0.39, 0.29) is 0 Å². The van der Waals surface area contributed by atoms with E-state index < -0.39 is 6.10 Å². The van der Waals surface area contributed by atoms with Crippen LogP contribution in [0.5, 0.6) is 0 Å². The lowest BCUT2D eigenvalue weighted by atomic mass is 10.1. The topological polar surface area (TPSA) is 46.3 Å². The Morgan fingerprint density at radius 1 is 1.17 bits per heavy atom. The highest BCUT2D eigenvalue weighted by molar-refractivity contribution is 9.10. The molecule has 0 saturated carbocycles. The van der Waals surface area contributed by atoms with Crippen LogP contribution in [0.3, 0.4) is 0 Å². The molecule has 3 rings (SSSR count). The largest absolute Gasteiger partial charge is 0.458 e. The van der Waals surface area contributed by atoms with Crippen LogP contribution in [0, 0.1) is 0 Å². The molecule has 0 aliphatic heterocycles. The number of pyridine rings is 1. The number of furan rings is 1. The first-order valence-electron chi connectivity index (χ1n) is 5.52. The first kappa shape index (κ1) is 11.4. The van der Waals surface area contributed by atoms with Crippen molar-refractivity contribution < 1.29 is 9.52 Å². The minimum atomic E-state index is -0.868. The van der Waals surface area contributed by atoms with Gasteiger partial charge in [-0.3, -0.25) is 4.98 Å². The monoisotopic (exact) mass is 303 g/mol. The molecule has 0 radical (unpaired) electrons. The number of rotatable bonds is 2. The first-order chi connectivity index (χ1) is 8.75. The van der Waals surface area contributed by atoms with Crippen molar-refractivity contribution in [3.05, 3.63) is 64.6 Å². The van der Waals surface area contributed by atoms with Crippen LogP contribution in [0.2, 0.25) is 0 Å². The lowest BCUT2D eigenvalue weighted by Crippen LogP contribution is -2.01. The Kier molecular flexibility index (Phi) is 2.89. The molecule has 3 aromatic rings. The number of halogens is 1. The summed E-state index contributed by atoms with van der Waals surface area (Å²) >= 11 is 3.37. The highest BCUT2D eigenvalue weighted by atomic mass is 79.9. The number of para-hydroxylation sites is 1. The van der Waals surface area contributed by atoms with Gasteiger partial charge in [0.25, 0.3) is 0 Å². The van der Waals surface area contributed by atoms with Crippen LogP contribution in [0.4, 0.5) is 0 Å². The molecule has 90 valence electrons. The molecule has 1 atom stereocenters. The number of aromatic nitrogens is 1. The van der Waals surface area contributed by atoms with Gasteiger partial charge >= 0.3 is 0 Å². The van der Waals surface area contributed by atoms with Gasteiger partial charge < -0.3 is 9.52 Å². The molecule has 0 fully saturated rings. The SMILES string of the molecule is OC(c1cc2ccccc2o1)c1ncccc1Br. The third kappa shape index (κ3) is 1.94. The van der Waals surface area contributed by atoms with Gasteiger partial charge in [0.2, 0.25) is 0 Å². The zero-order chi connectivity index (χ0) is 12.5. The van der Waals surface area contributed by atoms with Crippen molar-refractivity contribution in [1.29, 1.82) is 0 Å². The summed E-state index contributed by atoms with van der Waals surface area (Å²) in [4.78, 5) is 4.17. The van der Waals surface area contributed by atoms with Crippen LogP contribution in [0.1, 0.15) is 17.6 Å². The van der Waals surface area contributed by atoms with E-state index in [1.165, 1.54) is 0 Å². The average molecular weight is 304 g/mol. The zero-order valence-electron chi connectivity index (χ0n) is 9.38. The normalized spacial score (nSPS) is 12.8. The maximum atomic E-state index is 10.3. The van der Waals surface area contributed by atoms with Crippen molar-refractivity contribution >= 4 is 26.9 Å². The Morgan fingerprint density at radius 3 is 2.78 bits per heavy atom. The lowest BCUT2D eigenvalue weighted by molar-refractivity contribution is 0.187. The number of aliphatic hydroxyl groups excluding tert-OH is 1. The van der Waals surface area contributed by atoms with E-state index in [1.807, 2.05) is 36.4 Å². The highest BCUT2D eigenvalue weighted by Gasteiger charge is 2.18. The van der Waals surface area contributed by atoms with Crippen LogP contribution < -0.4 is 0 Å². The molecule has 0 saturated heterocycles. The predicted octanol–water partition coefficient (Wildman–Crippen LogP) is 3.67. The maximum Gasteiger partial charge on any atom is 0.155 e. The highest BCUT2D eigenvalue weighted by Crippen LogP contribution is 2.30. The molecule has 4 heteroatoms. The van der Waals surface area contributed by atoms with Crippen molar-refractivity contribution in [3.63, 3.8) is 0 Å². The van der Waals surface area contributed by atoms with Gasteiger partial charge in [0.1, 0.15) is 11.3 Å². The molecule has 3 nitrogen and oxygen atoms in total. The predicted molar refractivity (Wildman–Crippen MR) is 72.2 cm³/mol. The third-order valence-electron chi connectivity index (χ3n) is 2.76. The molecular weight excluding hydrogens is 294 g/mol. The van der Waals surface area contributed by atoms with Crippen molar-refractivity contribution in [2.75, 3.05) is 0 Å². The minimum Gasteiger partial charge on any atom is -0.458 e. The van der Waals surface area contributed by atoms with Crippen molar-refractivity contribution in [3.8, 4) is 0 Å². The number of benzene rings is 1. The van der Waals surface area contributed by atoms with E-state index in [9.17, 15) is 5.11 Å². The molecule has 1 unspecified atom stereocenters. The van der Waals surface area contributed by atoms with Crippen LogP contribution in [-0.4, -0.2) is 10.1 Å². The van der Waals surface area contributed by atoms with Crippen molar-refractivity contribution in [1.82, 2.24) is 4.98 Å². The average Bonchev–Trinajstić information content (AvgIpc) is 2.82. The van der Waals surface area contributed by atoms with Gasteiger partial charge in [0.15, 0.2) is 6.10 Å². The fourth-order valence-electron chi connectivity index (χ4n) is 1.87. The van der Waals surface area contributed by atoms with Crippen LogP contribution >= 0.6 is 15.9 Å². The molecule has 0 spiro atoms. The zero-order valence-corrected chi connectivity index (χ0v) is 11.0. The Hall–Kier alpha value is -1.65. The summed E-state index contributed by atoms with van der Waals surface area (Å²) in [5, 5.41) is 11.3. The quantitative estimate of drug-likeness (QED) is 0.785. The summed E-state index contributed by atoms with van der Waals surface area (Å²) < 4.78 is 6.39. The number of hydrogen-bond donors (Lipinski definition) is 1. The second-order valence-electron chi connectivity index (χ2n) is 3.96. The van der Waals surface area contributed by atoms with Gasteiger partial charge in [-0.05, 0) is 40.2 Å². The fraction of sp³-hybridized carbons (Fsp3) is 0.0714. The van der Waals surface area contributed by atoms with E-state index in [1.54, 1.807) is 12.3 Å². The van der Waals surface area contributed by atoms with Gasteiger partial charge in [-0.25, -0.2) is 0 Å². The second kappa shape index (κ2) is 4.55. The lowest BCUT2D eigenvalue weighted by Gasteiger charge is -2.08. The van der Waals surface area contributed by atoms with Crippen LogP contribution in [0.25, 0.3) is 11.0 Å². The standard InChI is InChI=1S/C14H10BrNO2/c15-10-5-3-7-16-13(10)14(17)12-8-9-4-1-2-6-11(9)18-12/h1-8,14,17H. The van der Waals surface area contributed by atoms with E-state index in [4.69, 9.17) is 4.42 Å². The fourth-order valence-corrected chi connectivity index (χ4v) is 2.34. The number of hydrogen-bond acceptors (Lipinski definition) is 3. The smallest absolute Gasteiger partial charge is 0.155 e. The van der Waals surface area contributed by atoms with E-state index in [2.05, 4.69) is 20.9 Å². The van der Waals surface area contributed by atoms with Crippen LogP contribution in [-0.2, 0) is 0 Å². The van der Waals surface area contributed by atoms with Gasteiger partial charge in [-0.1, -0.05) is 18.2 Å². The Morgan fingerprint density at radius 2 is 2.00 bits per heavy atom. The summed E-state index contributed by atoms with van der Waals surface area (Å²) in [6, 6.07) is 13.1. The van der Waals surface area contributed by atoms with Gasteiger partial charge in [-0.2, -0.15) is 0 Å². The molecule has 2 aromatic heterocycles. The Bertz CT molecular complexity index is 660. The summed E-state index contributed by atoms with van der Waals surface area (Å²) in [6.07, 6.45) is 0.777. The Labute approximate surface area is 112 Å². The van der Waals surface area contributed by atoms with E-state index in [0.717, 1.165) is 15.4 Å². The van der Waals surface area contributed by atoms with Crippen molar-refractivity contribution in [2.45, 2.75) is 6.10 Å². The summed E-state index contributed by atoms with van der Waals surface area (Å²) in [7, 11) is 0. The summed E-state index contributed by atoms with van der Waals surface area (Å²) in [5.74, 6) is 0.496. The molecule has 0 aliphatic carbocycles. The van der Waals surface area contributed by atoms with Gasteiger partial charge in [0, 0.05) is 16.1 Å². The summed E-state index contributed by atoms with van der Waals surface area (Å²) in [6.45, 7) is 0. The van der Waals surface area contributed by atoms with Crippen molar-refractivity contribution in [2.24, 2.45) is 0 Å². The van der Waals surface area contributed by atoms with Gasteiger partial charge in [-0.15, -0.1) is 0 Å². The first-order valence-corrected chi connectivity index (χ1v) is 6.32. The molecular formula is C14H10BrNO2. The maximum absolute atomic E-state index is 10.3. The molecule has 0 aliphatic rings. The molecule has 18 heavy (non-hydrogen) atoms. The Balaban J connectivity index is 2.07. The molecule has 0 amide bonds. The van der Waals surface area contributed by atoms with Crippen LogP contribution in [0.15, 0.2) is 57.6 Å². The molecule has 2 heterocycles. The van der Waals surface area contributed by atoms with E-state index >= 15 is 0 Å². The summed E-state index contributed by atoms with van der Waals surface area (Å²) in [5.41, 5.74) is 1.31. The second-order valence-corrected chi connectivity index (χ2v) is 4.81. The third-order valence-corrected chi connectivity index (χ3v) is 3.43. The molecule has 1 N–H and O–H groups in total. The molecule has 0 bridgehead atoms. The van der Waals surface area contributed by atoms with Gasteiger partial charge in [0.05, 0.1) is 5.69 Å². The van der Waals surface area contributed by atoms with E-state index in [0.29, 0.717) is 11.5 Å². The number of nitrogens with zero attached hydrogens (tertiary/aromatic N) is 1. The number of aliphatic hydroxyl groups is 1.